The molecule has 0 saturated heterocycles. The number of rotatable bonds is 8. The predicted molar refractivity (Wildman–Crippen MR) is 140 cm³/mol. The second-order valence-electron chi connectivity index (χ2n) is 8.58. The number of benzene rings is 2. The van der Waals surface area contributed by atoms with Crippen molar-refractivity contribution in [1.29, 1.82) is 0 Å². The van der Waals surface area contributed by atoms with Gasteiger partial charge in [-0.2, -0.15) is 13.2 Å². The Morgan fingerprint density at radius 3 is 2.33 bits per heavy atom. The van der Waals surface area contributed by atoms with Crippen molar-refractivity contribution in [2.75, 3.05) is 0 Å². The van der Waals surface area contributed by atoms with Crippen molar-refractivity contribution < 1.29 is 27.8 Å². The minimum atomic E-state index is -4.97. The molecule has 40 heavy (non-hydrogen) atoms. The largest absolute Gasteiger partial charge is 0.455 e. The molecular weight excluding hydrogens is 600 g/mol. The summed E-state index contributed by atoms with van der Waals surface area (Å²) in [6.45, 7) is 1.28. The van der Waals surface area contributed by atoms with E-state index in [0.717, 1.165) is 4.68 Å². The Balaban J connectivity index is 1.80. The second kappa shape index (κ2) is 11.6. The monoisotopic (exact) mass is 618 g/mol. The van der Waals surface area contributed by atoms with Crippen LogP contribution in [0.25, 0.3) is 17.1 Å². The first-order chi connectivity index (χ1) is 18.7. The van der Waals surface area contributed by atoms with Crippen molar-refractivity contribution >= 4 is 40.8 Å². The van der Waals surface area contributed by atoms with Crippen molar-refractivity contribution in [2.45, 2.75) is 45.3 Å². The van der Waals surface area contributed by atoms with E-state index in [-0.39, 0.29) is 34.6 Å². The van der Waals surface area contributed by atoms with Gasteiger partial charge in [-0.15, -0.1) is 10.2 Å². The molecule has 10 nitrogen and oxygen atoms in total. The van der Waals surface area contributed by atoms with Gasteiger partial charge in [0, 0.05) is 22.5 Å². The van der Waals surface area contributed by atoms with Crippen molar-refractivity contribution in [3.05, 3.63) is 79.7 Å². The van der Waals surface area contributed by atoms with Crippen LogP contribution >= 0.6 is 34.8 Å². The Hall–Kier alpha value is -3.39. The summed E-state index contributed by atoms with van der Waals surface area (Å²) in [5.41, 5.74) is -0.333. The molecule has 1 N–H and O–H groups in total. The maximum absolute atomic E-state index is 13.2. The summed E-state index contributed by atoms with van der Waals surface area (Å²) in [7, 11) is 0. The highest BCUT2D eigenvalue weighted by atomic mass is 35.5. The molecule has 0 radical (unpaired) electrons. The molecule has 0 aliphatic heterocycles. The topological polar surface area (TPSA) is 117 Å². The number of nitrogens with zero attached hydrogens (tertiary/aromatic N) is 6. The highest BCUT2D eigenvalue weighted by Crippen LogP contribution is 2.28. The normalized spacial score (nSPS) is 13.3. The molecular formula is C24H20Cl3F3N6O4. The number of hydrogen-bond donors (Lipinski definition) is 1. The summed E-state index contributed by atoms with van der Waals surface area (Å²) in [4.78, 5) is 29.2. The van der Waals surface area contributed by atoms with E-state index in [1.165, 1.54) is 41.9 Å². The Morgan fingerprint density at radius 2 is 1.73 bits per heavy atom. The van der Waals surface area contributed by atoms with Gasteiger partial charge in [-0.3, -0.25) is 9.36 Å². The number of carbonyl (C=O) groups excluding carboxylic acids is 1. The molecule has 16 heteroatoms. The number of aromatic nitrogens is 6. The van der Waals surface area contributed by atoms with Gasteiger partial charge in [0.05, 0.1) is 17.3 Å². The highest BCUT2D eigenvalue weighted by molar-refractivity contribution is 6.35. The first-order valence-corrected chi connectivity index (χ1v) is 12.6. The lowest BCUT2D eigenvalue weighted by atomic mass is 10.2. The van der Waals surface area contributed by atoms with Crippen LogP contribution in [0.1, 0.15) is 31.6 Å². The number of aliphatic hydroxyl groups excluding tert-OH is 1. The lowest BCUT2D eigenvalue weighted by molar-refractivity contribution is -0.207. The zero-order chi connectivity index (χ0) is 29.4. The molecule has 2 aromatic heterocycles. The minimum Gasteiger partial charge on any atom is -0.455 e. The molecule has 2 aromatic carbocycles. The molecule has 0 unspecified atom stereocenters. The number of aliphatic hydroxyl groups is 1. The number of esters is 1. The van der Waals surface area contributed by atoms with Crippen LogP contribution in [0.3, 0.4) is 0 Å². The molecule has 0 fully saturated rings. The van der Waals surface area contributed by atoms with Gasteiger partial charge >= 0.3 is 17.8 Å². The van der Waals surface area contributed by atoms with Gasteiger partial charge < -0.3 is 9.84 Å². The maximum Gasteiger partial charge on any atom is 0.416 e. The van der Waals surface area contributed by atoms with E-state index < -0.39 is 36.6 Å². The van der Waals surface area contributed by atoms with Crippen LogP contribution < -0.4 is 5.69 Å². The van der Waals surface area contributed by atoms with Gasteiger partial charge in [0.25, 0.3) is 0 Å². The van der Waals surface area contributed by atoms with Crippen molar-refractivity contribution in [3.8, 4) is 17.1 Å². The van der Waals surface area contributed by atoms with E-state index >= 15 is 0 Å². The Labute approximate surface area is 239 Å². The average Bonchev–Trinajstić information content (AvgIpc) is 3.40. The Morgan fingerprint density at radius 1 is 1.07 bits per heavy atom. The third-order valence-electron chi connectivity index (χ3n) is 5.57. The van der Waals surface area contributed by atoms with Crippen LogP contribution in [0.4, 0.5) is 13.2 Å². The number of hydrogen-bond acceptors (Lipinski definition) is 7. The van der Waals surface area contributed by atoms with E-state index in [4.69, 9.17) is 39.5 Å². The minimum absolute atomic E-state index is 0.00537. The van der Waals surface area contributed by atoms with Crippen LogP contribution in [0.2, 0.25) is 15.1 Å². The maximum atomic E-state index is 13.2. The first-order valence-electron chi connectivity index (χ1n) is 11.5. The summed E-state index contributed by atoms with van der Waals surface area (Å²) in [5.74, 6) is -0.576. The van der Waals surface area contributed by atoms with Crippen LogP contribution in [-0.4, -0.2) is 52.5 Å². The third kappa shape index (κ3) is 6.49. The molecule has 4 aromatic rings. The van der Waals surface area contributed by atoms with Crippen LogP contribution in [0.15, 0.2) is 47.3 Å². The van der Waals surface area contributed by atoms with E-state index in [0.29, 0.717) is 20.3 Å². The molecule has 212 valence electrons. The van der Waals surface area contributed by atoms with Crippen molar-refractivity contribution in [3.63, 3.8) is 0 Å². The van der Waals surface area contributed by atoms with Gasteiger partial charge in [-0.25, -0.2) is 19.1 Å². The zero-order valence-electron chi connectivity index (χ0n) is 20.7. The summed E-state index contributed by atoms with van der Waals surface area (Å²) in [6.07, 6.45) is -8.69. The van der Waals surface area contributed by atoms with Gasteiger partial charge in [-0.05, 0) is 49.4 Å². The van der Waals surface area contributed by atoms with Crippen LogP contribution in [-0.2, 0) is 22.6 Å². The third-order valence-corrected chi connectivity index (χ3v) is 6.36. The molecule has 0 bridgehead atoms. The summed E-state index contributed by atoms with van der Waals surface area (Å²) < 4.78 is 47.6. The fourth-order valence-electron chi connectivity index (χ4n) is 3.76. The summed E-state index contributed by atoms with van der Waals surface area (Å²) in [6, 6.07) is 10.5. The lowest BCUT2D eigenvalue weighted by Crippen LogP contribution is -2.37. The van der Waals surface area contributed by atoms with Gasteiger partial charge in [-0.1, -0.05) is 34.8 Å². The average molecular weight is 620 g/mol. The quantitative estimate of drug-likeness (QED) is 0.280. The molecule has 0 spiro atoms. The molecule has 0 amide bonds. The fourth-order valence-corrected chi connectivity index (χ4v) is 4.38. The second-order valence-corrected chi connectivity index (χ2v) is 9.86. The van der Waals surface area contributed by atoms with Crippen molar-refractivity contribution in [1.82, 2.24) is 29.1 Å². The van der Waals surface area contributed by atoms with E-state index in [9.17, 15) is 27.9 Å². The highest BCUT2D eigenvalue weighted by Gasteiger charge is 2.39. The standard InChI is InChI=1S/C24H20Cl3F3N6O4/c1-12(40-13(2)37)21-31-20(32-36(21)18-8-7-16(26)9-17(18)27)11-35-23(39)34(10-19(38)24(28,29)30)22(33-35)14-3-5-15(25)6-4-14/h3-9,12,19,38H,10-11H2,1-2H3/t12-,19-/m0/s1. The van der Waals surface area contributed by atoms with E-state index in [2.05, 4.69) is 15.2 Å². The van der Waals surface area contributed by atoms with Crippen LogP contribution in [0.5, 0.6) is 0 Å². The Bertz CT molecular complexity index is 1600. The molecule has 0 aliphatic carbocycles. The summed E-state index contributed by atoms with van der Waals surface area (Å²) >= 11 is 18.3. The Kier molecular flexibility index (Phi) is 8.59. The number of carbonyl (C=O) groups is 1. The summed E-state index contributed by atoms with van der Waals surface area (Å²) in [5, 5.41) is 19.2. The molecule has 4 rings (SSSR count). The SMILES string of the molecule is CC(=O)O[C@@H](C)c1nc(Cn2nc(-c3ccc(Cl)cc3)n(C[C@H](O)C(F)(F)F)c2=O)nn1-c1ccc(Cl)cc1Cl. The number of alkyl halides is 3. The fraction of sp³-hybridized carbons (Fsp3) is 0.292. The van der Waals surface area contributed by atoms with E-state index in [1.807, 2.05) is 0 Å². The number of halogens is 6. The predicted octanol–water partition coefficient (Wildman–Crippen LogP) is 4.85. The molecule has 0 saturated carbocycles. The van der Waals surface area contributed by atoms with Crippen LogP contribution in [0, 0.1) is 0 Å². The first kappa shape index (κ1) is 29.6. The van der Waals surface area contributed by atoms with E-state index in [1.54, 1.807) is 19.1 Å². The number of ether oxygens (including phenoxy) is 1. The smallest absolute Gasteiger partial charge is 0.416 e. The molecule has 2 heterocycles. The lowest BCUT2D eigenvalue weighted by Gasteiger charge is -2.15. The van der Waals surface area contributed by atoms with Gasteiger partial charge in [0.2, 0.25) is 0 Å². The van der Waals surface area contributed by atoms with Gasteiger partial charge in [0.1, 0.15) is 6.54 Å². The molecule has 2 atom stereocenters. The van der Waals surface area contributed by atoms with Crippen molar-refractivity contribution in [2.24, 2.45) is 0 Å². The molecule has 0 aliphatic rings. The van der Waals surface area contributed by atoms with Gasteiger partial charge in [0.15, 0.2) is 29.7 Å². The zero-order valence-corrected chi connectivity index (χ0v) is 23.0.